The number of rotatable bonds is 4. The highest BCUT2D eigenvalue weighted by Gasteiger charge is 2.18. The minimum atomic E-state index is -0.547. The van der Waals surface area contributed by atoms with Crippen LogP contribution in [0.5, 0.6) is 0 Å². The first-order valence-corrected chi connectivity index (χ1v) is 6.37. The van der Waals surface area contributed by atoms with Crippen molar-refractivity contribution in [2.45, 2.75) is 44.6 Å². The highest BCUT2D eigenvalue weighted by molar-refractivity contribution is 5.21. The highest BCUT2D eigenvalue weighted by Crippen LogP contribution is 2.31. The van der Waals surface area contributed by atoms with Gasteiger partial charge in [-0.3, -0.25) is 0 Å². The molecule has 2 rings (SSSR count). The Morgan fingerprint density at radius 3 is 2.59 bits per heavy atom. The fourth-order valence-corrected chi connectivity index (χ4v) is 2.67. The Kier molecular flexibility index (Phi) is 4.11. The molecule has 1 saturated carbocycles. The lowest BCUT2D eigenvalue weighted by atomic mass is 9.95. The summed E-state index contributed by atoms with van der Waals surface area (Å²) in [6.45, 7) is 0. The quantitative estimate of drug-likeness (QED) is 0.846. The zero-order chi connectivity index (χ0) is 12.3. The lowest BCUT2D eigenvalue weighted by Gasteiger charge is -2.15. The maximum atomic E-state index is 13.5. The monoisotopic (exact) mass is 239 g/mol. The molecule has 0 radical (unpaired) electrons. The molecule has 1 atom stereocenters. The van der Waals surface area contributed by atoms with Crippen molar-refractivity contribution in [3.8, 4) is 0 Å². The van der Waals surface area contributed by atoms with Gasteiger partial charge in [-0.1, -0.05) is 31.7 Å². The van der Waals surface area contributed by atoms with Crippen LogP contribution in [0.15, 0.2) is 18.2 Å². The van der Waals surface area contributed by atoms with Gasteiger partial charge in [0, 0.05) is 17.7 Å². The molecule has 0 bridgehead atoms. The third-order valence-electron chi connectivity index (χ3n) is 3.72. The lowest BCUT2D eigenvalue weighted by molar-refractivity contribution is 0.445. The molecule has 0 aromatic heterocycles. The molecule has 0 saturated heterocycles. The van der Waals surface area contributed by atoms with Gasteiger partial charge in [0.2, 0.25) is 0 Å². The van der Waals surface area contributed by atoms with Crippen LogP contribution in [-0.4, -0.2) is 0 Å². The number of nitrogens with two attached hydrogens (primary N) is 1. The molecule has 1 aliphatic carbocycles. The van der Waals surface area contributed by atoms with Gasteiger partial charge >= 0.3 is 0 Å². The van der Waals surface area contributed by atoms with Gasteiger partial charge in [-0.25, -0.2) is 8.78 Å². The van der Waals surface area contributed by atoms with Gasteiger partial charge in [0.15, 0.2) is 0 Å². The summed E-state index contributed by atoms with van der Waals surface area (Å²) >= 11 is 0. The molecule has 3 heteroatoms. The first kappa shape index (κ1) is 12.5. The second-order valence-corrected chi connectivity index (χ2v) is 5.00. The minimum absolute atomic E-state index is 0.309. The third-order valence-corrected chi connectivity index (χ3v) is 3.72. The Labute approximate surface area is 101 Å². The predicted octanol–water partition coefficient (Wildman–Crippen LogP) is 3.94. The Morgan fingerprint density at radius 2 is 1.94 bits per heavy atom. The largest absolute Gasteiger partial charge is 0.324 e. The molecule has 2 N–H and O–H groups in total. The summed E-state index contributed by atoms with van der Waals surface area (Å²) in [6.07, 6.45) is 7.01. The smallest absolute Gasteiger partial charge is 0.130 e. The maximum Gasteiger partial charge on any atom is 0.130 e. The first-order chi connectivity index (χ1) is 8.16. The van der Waals surface area contributed by atoms with Crippen molar-refractivity contribution in [3.05, 3.63) is 35.4 Å². The third kappa shape index (κ3) is 3.25. The Morgan fingerprint density at radius 1 is 1.24 bits per heavy atom. The van der Waals surface area contributed by atoms with E-state index < -0.39 is 11.6 Å². The van der Waals surface area contributed by atoms with Crippen LogP contribution in [-0.2, 0) is 0 Å². The SMILES string of the molecule is NC(CCC1CCCC1)c1ccc(F)cc1F. The van der Waals surface area contributed by atoms with Crippen LogP contribution in [0.4, 0.5) is 8.78 Å². The zero-order valence-corrected chi connectivity index (χ0v) is 9.96. The van der Waals surface area contributed by atoms with Crippen LogP contribution in [0.2, 0.25) is 0 Å². The van der Waals surface area contributed by atoms with Gasteiger partial charge in [-0.05, 0) is 24.8 Å². The molecule has 1 nitrogen and oxygen atoms in total. The van der Waals surface area contributed by atoms with Gasteiger partial charge in [0.1, 0.15) is 11.6 Å². The number of benzene rings is 1. The molecule has 0 aliphatic heterocycles. The second-order valence-electron chi connectivity index (χ2n) is 5.00. The summed E-state index contributed by atoms with van der Waals surface area (Å²) in [5.74, 6) is -0.317. The Hall–Kier alpha value is -0.960. The van der Waals surface area contributed by atoms with Crippen LogP contribution >= 0.6 is 0 Å². The van der Waals surface area contributed by atoms with Crippen LogP contribution in [0, 0.1) is 17.6 Å². The topological polar surface area (TPSA) is 26.0 Å². The van der Waals surface area contributed by atoms with Crippen LogP contribution < -0.4 is 5.73 Å². The number of halogens is 2. The fraction of sp³-hybridized carbons (Fsp3) is 0.571. The standard InChI is InChI=1S/C14H19F2N/c15-11-6-7-12(13(16)9-11)14(17)8-5-10-3-1-2-4-10/h6-7,9-10,14H,1-5,8,17H2. The second kappa shape index (κ2) is 5.58. The lowest BCUT2D eigenvalue weighted by Crippen LogP contribution is -2.13. The fourth-order valence-electron chi connectivity index (χ4n) is 2.67. The molecule has 94 valence electrons. The molecule has 1 fully saturated rings. The molecular weight excluding hydrogens is 220 g/mol. The summed E-state index contributed by atoms with van der Waals surface area (Å²) < 4.78 is 26.2. The Bertz CT molecular complexity index is 372. The van der Waals surface area contributed by atoms with Gasteiger partial charge in [-0.2, -0.15) is 0 Å². The van der Waals surface area contributed by atoms with E-state index in [1.807, 2.05) is 0 Å². The summed E-state index contributed by atoms with van der Waals surface area (Å²) in [6, 6.07) is 3.33. The molecule has 1 aromatic carbocycles. The van der Waals surface area contributed by atoms with Crippen LogP contribution in [0.3, 0.4) is 0 Å². The predicted molar refractivity (Wildman–Crippen MR) is 64.5 cm³/mol. The summed E-state index contributed by atoms with van der Waals surface area (Å²) in [4.78, 5) is 0. The molecule has 1 aromatic rings. The van der Waals surface area contributed by atoms with Crippen LogP contribution in [0.25, 0.3) is 0 Å². The molecule has 1 aliphatic rings. The van der Waals surface area contributed by atoms with Crippen molar-refractivity contribution in [1.82, 2.24) is 0 Å². The van der Waals surface area contributed by atoms with Crippen molar-refractivity contribution in [2.24, 2.45) is 11.7 Å². The van der Waals surface area contributed by atoms with Gasteiger partial charge in [0.25, 0.3) is 0 Å². The van der Waals surface area contributed by atoms with E-state index in [1.165, 1.54) is 37.8 Å². The Balaban J connectivity index is 1.91. The maximum absolute atomic E-state index is 13.5. The van der Waals surface area contributed by atoms with Crippen LogP contribution in [0.1, 0.15) is 50.1 Å². The zero-order valence-electron chi connectivity index (χ0n) is 9.96. The molecule has 1 unspecified atom stereocenters. The molecule has 0 spiro atoms. The van der Waals surface area contributed by atoms with E-state index in [2.05, 4.69) is 0 Å². The van der Waals surface area contributed by atoms with Crippen molar-refractivity contribution in [3.63, 3.8) is 0 Å². The molecular formula is C14H19F2N. The van der Waals surface area contributed by atoms with Gasteiger partial charge in [-0.15, -0.1) is 0 Å². The summed E-state index contributed by atoms with van der Waals surface area (Å²) in [7, 11) is 0. The highest BCUT2D eigenvalue weighted by atomic mass is 19.1. The van der Waals surface area contributed by atoms with Gasteiger partial charge in [0.05, 0.1) is 0 Å². The van der Waals surface area contributed by atoms with Crippen molar-refractivity contribution in [2.75, 3.05) is 0 Å². The number of hydrogen-bond donors (Lipinski definition) is 1. The van der Waals surface area contributed by atoms with E-state index in [1.54, 1.807) is 0 Å². The van der Waals surface area contributed by atoms with E-state index in [0.29, 0.717) is 5.56 Å². The number of hydrogen-bond acceptors (Lipinski definition) is 1. The van der Waals surface area contributed by atoms with Crippen molar-refractivity contribution < 1.29 is 8.78 Å². The van der Waals surface area contributed by atoms with Crippen molar-refractivity contribution >= 4 is 0 Å². The van der Waals surface area contributed by atoms with E-state index >= 15 is 0 Å². The molecule has 0 amide bonds. The van der Waals surface area contributed by atoms with E-state index in [9.17, 15) is 8.78 Å². The van der Waals surface area contributed by atoms with E-state index in [4.69, 9.17) is 5.73 Å². The van der Waals surface area contributed by atoms with Gasteiger partial charge < -0.3 is 5.73 Å². The normalized spacial score (nSPS) is 18.5. The minimum Gasteiger partial charge on any atom is -0.324 e. The van der Waals surface area contributed by atoms with E-state index in [0.717, 1.165) is 24.8 Å². The average Bonchev–Trinajstić information content (AvgIpc) is 2.78. The molecule has 0 heterocycles. The average molecular weight is 239 g/mol. The summed E-state index contributed by atoms with van der Waals surface area (Å²) in [5, 5.41) is 0. The summed E-state index contributed by atoms with van der Waals surface area (Å²) in [5.41, 5.74) is 6.40. The van der Waals surface area contributed by atoms with Crippen molar-refractivity contribution in [1.29, 1.82) is 0 Å². The first-order valence-electron chi connectivity index (χ1n) is 6.37. The van der Waals surface area contributed by atoms with E-state index in [-0.39, 0.29) is 6.04 Å². The molecule has 17 heavy (non-hydrogen) atoms.